The first-order chi connectivity index (χ1) is 9.70. The van der Waals surface area contributed by atoms with Crippen molar-refractivity contribution >= 4 is 15.9 Å². The lowest BCUT2D eigenvalue weighted by Gasteiger charge is -2.18. The van der Waals surface area contributed by atoms with Crippen molar-refractivity contribution in [3.8, 4) is 5.75 Å². The van der Waals surface area contributed by atoms with Crippen LogP contribution in [-0.2, 0) is 14.8 Å². The minimum atomic E-state index is -3.90. The molecule has 1 aromatic carbocycles. The summed E-state index contributed by atoms with van der Waals surface area (Å²) in [7, 11) is -2.17. The van der Waals surface area contributed by atoms with Crippen molar-refractivity contribution in [3.05, 3.63) is 23.3 Å². The first kappa shape index (κ1) is 15.8. The van der Waals surface area contributed by atoms with Crippen molar-refractivity contribution in [2.24, 2.45) is 5.14 Å². The summed E-state index contributed by atoms with van der Waals surface area (Å²) in [4.78, 5) is 13.5. The van der Waals surface area contributed by atoms with Crippen molar-refractivity contribution in [2.45, 2.75) is 37.6 Å². The number of carbonyl (C=O) groups is 1. The van der Waals surface area contributed by atoms with E-state index in [1.807, 2.05) is 0 Å². The SMILES string of the molecule is Cc1cc(C)c(OCC(=O)N(C)C2CC2)c(S(N)(=O)=O)c1. The van der Waals surface area contributed by atoms with Crippen molar-refractivity contribution in [1.29, 1.82) is 0 Å². The van der Waals surface area contributed by atoms with Crippen LogP contribution in [0.4, 0.5) is 0 Å². The molecule has 0 saturated heterocycles. The number of rotatable bonds is 5. The fraction of sp³-hybridized carbons (Fsp3) is 0.500. The van der Waals surface area contributed by atoms with Gasteiger partial charge in [-0.25, -0.2) is 13.6 Å². The molecule has 7 heteroatoms. The summed E-state index contributed by atoms with van der Waals surface area (Å²) in [6, 6.07) is 3.53. The quantitative estimate of drug-likeness (QED) is 0.876. The molecular formula is C14H20N2O4S. The highest BCUT2D eigenvalue weighted by atomic mass is 32.2. The number of hydrogen-bond acceptors (Lipinski definition) is 4. The minimum Gasteiger partial charge on any atom is -0.482 e. The fourth-order valence-corrected chi connectivity index (χ4v) is 3.04. The number of nitrogens with two attached hydrogens (primary N) is 1. The highest BCUT2D eigenvalue weighted by Crippen LogP contribution is 2.29. The van der Waals surface area contributed by atoms with Gasteiger partial charge in [0.25, 0.3) is 5.91 Å². The zero-order valence-corrected chi connectivity index (χ0v) is 13.2. The molecule has 0 heterocycles. The summed E-state index contributed by atoms with van der Waals surface area (Å²) in [5.74, 6) is -0.0153. The van der Waals surface area contributed by atoms with Gasteiger partial charge in [0, 0.05) is 13.1 Å². The van der Waals surface area contributed by atoms with Gasteiger partial charge in [0.1, 0.15) is 10.6 Å². The first-order valence-corrected chi connectivity index (χ1v) is 8.27. The third-order valence-corrected chi connectivity index (χ3v) is 4.44. The first-order valence-electron chi connectivity index (χ1n) is 6.72. The van der Waals surface area contributed by atoms with Crippen LogP contribution in [0.3, 0.4) is 0 Å². The summed E-state index contributed by atoms with van der Waals surface area (Å²) < 4.78 is 28.8. The van der Waals surface area contributed by atoms with Crippen LogP contribution in [-0.4, -0.2) is 38.9 Å². The Bertz CT molecular complexity index is 666. The van der Waals surface area contributed by atoms with E-state index >= 15 is 0 Å². The Morgan fingerprint density at radius 1 is 1.38 bits per heavy atom. The molecule has 0 unspecified atom stereocenters. The number of aryl methyl sites for hydroxylation is 2. The predicted molar refractivity (Wildman–Crippen MR) is 78.6 cm³/mol. The topological polar surface area (TPSA) is 89.7 Å². The Balaban J connectivity index is 2.21. The lowest BCUT2D eigenvalue weighted by atomic mass is 10.1. The molecule has 1 saturated carbocycles. The van der Waals surface area contributed by atoms with Crippen LogP contribution < -0.4 is 9.88 Å². The highest BCUT2D eigenvalue weighted by molar-refractivity contribution is 7.89. The van der Waals surface area contributed by atoms with E-state index in [9.17, 15) is 13.2 Å². The maximum absolute atomic E-state index is 12.0. The number of hydrogen-bond donors (Lipinski definition) is 1. The zero-order chi connectivity index (χ0) is 15.8. The Morgan fingerprint density at radius 2 is 2.00 bits per heavy atom. The lowest BCUT2D eigenvalue weighted by Crippen LogP contribution is -2.33. The van der Waals surface area contributed by atoms with Gasteiger partial charge in [-0.3, -0.25) is 4.79 Å². The van der Waals surface area contributed by atoms with E-state index in [1.165, 1.54) is 6.07 Å². The molecule has 6 nitrogen and oxygen atoms in total. The molecule has 1 fully saturated rings. The van der Waals surface area contributed by atoms with Crippen LogP contribution in [0.5, 0.6) is 5.75 Å². The number of ether oxygens (including phenoxy) is 1. The summed E-state index contributed by atoms with van der Waals surface area (Å²) in [5.41, 5.74) is 1.41. The summed E-state index contributed by atoms with van der Waals surface area (Å²) in [6.07, 6.45) is 2.02. The zero-order valence-electron chi connectivity index (χ0n) is 12.4. The molecular weight excluding hydrogens is 292 g/mol. The third-order valence-electron chi connectivity index (χ3n) is 3.52. The molecule has 1 amide bonds. The average molecular weight is 312 g/mol. The second-order valence-electron chi connectivity index (χ2n) is 5.48. The van der Waals surface area contributed by atoms with Gasteiger partial charge in [-0.15, -0.1) is 0 Å². The van der Waals surface area contributed by atoms with Crippen LogP contribution in [0.25, 0.3) is 0 Å². The fourth-order valence-electron chi connectivity index (χ4n) is 2.21. The molecule has 0 spiro atoms. The molecule has 21 heavy (non-hydrogen) atoms. The smallest absolute Gasteiger partial charge is 0.260 e. The van der Waals surface area contributed by atoms with E-state index in [-0.39, 0.29) is 29.2 Å². The largest absolute Gasteiger partial charge is 0.482 e. The van der Waals surface area contributed by atoms with E-state index in [0.717, 1.165) is 18.4 Å². The van der Waals surface area contributed by atoms with Gasteiger partial charge in [-0.2, -0.15) is 0 Å². The molecule has 0 aromatic heterocycles. The predicted octanol–water partition coefficient (Wildman–Crippen LogP) is 0.950. The second-order valence-corrected chi connectivity index (χ2v) is 7.01. The summed E-state index contributed by atoms with van der Waals surface area (Å²) in [6.45, 7) is 3.31. The Morgan fingerprint density at radius 3 is 2.52 bits per heavy atom. The maximum atomic E-state index is 12.0. The number of amides is 1. The van der Waals surface area contributed by atoms with Crippen molar-refractivity contribution in [2.75, 3.05) is 13.7 Å². The van der Waals surface area contributed by atoms with Gasteiger partial charge in [-0.05, 0) is 43.9 Å². The van der Waals surface area contributed by atoms with Gasteiger partial charge < -0.3 is 9.64 Å². The molecule has 0 atom stereocenters. The van der Waals surface area contributed by atoms with E-state index < -0.39 is 10.0 Å². The van der Waals surface area contributed by atoms with E-state index in [0.29, 0.717) is 5.56 Å². The lowest BCUT2D eigenvalue weighted by molar-refractivity contribution is -0.132. The number of nitrogens with zero attached hydrogens (tertiary/aromatic N) is 1. The van der Waals surface area contributed by atoms with Gasteiger partial charge >= 0.3 is 0 Å². The van der Waals surface area contributed by atoms with Crippen LogP contribution in [0.15, 0.2) is 17.0 Å². The van der Waals surface area contributed by atoms with E-state index in [1.54, 1.807) is 31.9 Å². The molecule has 1 aromatic rings. The highest BCUT2D eigenvalue weighted by Gasteiger charge is 2.30. The van der Waals surface area contributed by atoms with Crippen LogP contribution in [0.1, 0.15) is 24.0 Å². The van der Waals surface area contributed by atoms with Crippen molar-refractivity contribution < 1.29 is 17.9 Å². The second kappa shape index (κ2) is 5.65. The number of benzene rings is 1. The van der Waals surface area contributed by atoms with Crippen LogP contribution in [0, 0.1) is 13.8 Å². The van der Waals surface area contributed by atoms with Gasteiger partial charge in [0.15, 0.2) is 6.61 Å². The molecule has 116 valence electrons. The average Bonchev–Trinajstić information content (AvgIpc) is 3.18. The van der Waals surface area contributed by atoms with Gasteiger partial charge in [-0.1, -0.05) is 6.07 Å². The number of primary sulfonamides is 1. The Kier molecular flexibility index (Phi) is 4.25. The van der Waals surface area contributed by atoms with Crippen LogP contribution in [0.2, 0.25) is 0 Å². The number of carbonyl (C=O) groups excluding carboxylic acids is 1. The normalized spacial score (nSPS) is 14.9. The number of likely N-dealkylation sites (N-methyl/N-ethyl adjacent to an activating group) is 1. The maximum Gasteiger partial charge on any atom is 0.260 e. The molecule has 2 rings (SSSR count). The van der Waals surface area contributed by atoms with E-state index in [4.69, 9.17) is 9.88 Å². The molecule has 1 aliphatic carbocycles. The minimum absolute atomic E-state index is 0.0816. The molecule has 0 bridgehead atoms. The van der Waals surface area contributed by atoms with Crippen molar-refractivity contribution in [3.63, 3.8) is 0 Å². The third kappa shape index (κ3) is 3.74. The van der Waals surface area contributed by atoms with Crippen LogP contribution >= 0.6 is 0 Å². The standard InChI is InChI=1S/C14H20N2O4S/c1-9-6-10(2)14(12(7-9)21(15,18)19)20-8-13(17)16(3)11-4-5-11/h6-7,11H,4-5,8H2,1-3H3,(H2,15,18,19). The monoisotopic (exact) mass is 312 g/mol. The molecule has 2 N–H and O–H groups in total. The summed E-state index contributed by atoms with van der Waals surface area (Å²) in [5, 5.41) is 5.22. The Hall–Kier alpha value is -1.60. The van der Waals surface area contributed by atoms with Crippen molar-refractivity contribution in [1.82, 2.24) is 4.90 Å². The van der Waals surface area contributed by atoms with Gasteiger partial charge in [0.05, 0.1) is 0 Å². The molecule has 0 aliphatic heterocycles. The molecule has 1 aliphatic rings. The Labute approximate surface area is 124 Å². The summed E-state index contributed by atoms with van der Waals surface area (Å²) >= 11 is 0. The van der Waals surface area contributed by atoms with E-state index in [2.05, 4.69) is 0 Å². The molecule has 0 radical (unpaired) electrons. The van der Waals surface area contributed by atoms with Gasteiger partial charge in [0.2, 0.25) is 10.0 Å². The number of sulfonamides is 1.